The molecule has 1 aliphatic rings. The van der Waals surface area contributed by atoms with Crippen LogP contribution in [-0.4, -0.2) is 12.1 Å². The first-order valence-corrected chi connectivity index (χ1v) is 6.33. The van der Waals surface area contributed by atoms with Gasteiger partial charge in [-0.05, 0) is 44.9 Å². The van der Waals surface area contributed by atoms with Crippen LogP contribution in [0.15, 0.2) is 24.3 Å². The van der Waals surface area contributed by atoms with Gasteiger partial charge in [0.2, 0.25) is 0 Å². The fourth-order valence-corrected chi connectivity index (χ4v) is 2.82. The molecule has 0 saturated carbocycles. The Balaban J connectivity index is 2.25. The van der Waals surface area contributed by atoms with Crippen molar-refractivity contribution in [3.63, 3.8) is 0 Å². The quantitative estimate of drug-likeness (QED) is 0.755. The van der Waals surface area contributed by atoms with Gasteiger partial charge in [-0.1, -0.05) is 17.7 Å². The van der Waals surface area contributed by atoms with E-state index in [0.717, 1.165) is 30.1 Å². The summed E-state index contributed by atoms with van der Waals surface area (Å²) in [6, 6.07) is 10.3. The van der Waals surface area contributed by atoms with Gasteiger partial charge in [-0.25, -0.2) is 0 Å². The van der Waals surface area contributed by atoms with E-state index < -0.39 is 0 Å². The SMILES string of the molecule is CC1(C)CC(C#N)CCN1c1cccc(Cl)c1. The molecule has 0 aromatic heterocycles. The highest BCUT2D eigenvalue weighted by Gasteiger charge is 2.34. The molecular formula is C14H17ClN2. The molecule has 0 radical (unpaired) electrons. The lowest BCUT2D eigenvalue weighted by Crippen LogP contribution is -2.50. The summed E-state index contributed by atoms with van der Waals surface area (Å²) in [5.41, 5.74) is 1.17. The molecular weight excluding hydrogens is 232 g/mol. The second-order valence-corrected chi connectivity index (χ2v) is 5.70. The number of hydrogen-bond donors (Lipinski definition) is 0. The first kappa shape index (κ1) is 12.3. The average molecular weight is 249 g/mol. The van der Waals surface area contributed by atoms with Crippen LogP contribution in [0.2, 0.25) is 5.02 Å². The van der Waals surface area contributed by atoms with E-state index in [4.69, 9.17) is 16.9 Å². The van der Waals surface area contributed by atoms with Gasteiger partial charge >= 0.3 is 0 Å². The van der Waals surface area contributed by atoms with Gasteiger partial charge in [0.1, 0.15) is 0 Å². The van der Waals surface area contributed by atoms with Crippen molar-refractivity contribution in [1.82, 2.24) is 0 Å². The van der Waals surface area contributed by atoms with Crippen LogP contribution in [0.1, 0.15) is 26.7 Å². The van der Waals surface area contributed by atoms with E-state index >= 15 is 0 Å². The largest absolute Gasteiger partial charge is 0.366 e. The third-order valence-electron chi connectivity index (χ3n) is 3.48. The van der Waals surface area contributed by atoms with E-state index in [1.807, 2.05) is 18.2 Å². The smallest absolute Gasteiger partial charge is 0.0657 e. The molecule has 0 aliphatic carbocycles. The predicted octanol–water partition coefficient (Wildman–Crippen LogP) is 3.86. The molecule has 0 amide bonds. The molecule has 17 heavy (non-hydrogen) atoms. The normalized spacial score (nSPS) is 23.2. The number of nitriles is 1. The molecule has 1 aliphatic heterocycles. The molecule has 2 rings (SSSR count). The van der Waals surface area contributed by atoms with E-state index in [2.05, 4.69) is 30.9 Å². The Morgan fingerprint density at radius 3 is 2.82 bits per heavy atom. The number of piperidine rings is 1. The van der Waals surface area contributed by atoms with Crippen LogP contribution in [0.4, 0.5) is 5.69 Å². The van der Waals surface area contributed by atoms with Crippen molar-refractivity contribution in [3.05, 3.63) is 29.3 Å². The molecule has 0 N–H and O–H groups in total. The number of hydrogen-bond acceptors (Lipinski definition) is 2. The molecule has 3 heteroatoms. The first-order chi connectivity index (χ1) is 8.03. The molecule has 0 spiro atoms. The number of halogens is 1. The van der Waals surface area contributed by atoms with Gasteiger partial charge in [-0.15, -0.1) is 0 Å². The highest BCUT2D eigenvalue weighted by atomic mass is 35.5. The molecule has 1 unspecified atom stereocenters. The minimum atomic E-state index is 0.0172. The van der Waals surface area contributed by atoms with Gasteiger partial charge in [0.05, 0.1) is 12.0 Å². The maximum Gasteiger partial charge on any atom is 0.0657 e. The topological polar surface area (TPSA) is 27.0 Å². The van der Waals surface area contributed by atoms with Crippen molar-refractivity contribution in [2.45, 2.75) is 32.2 Å². The highest BCUT2D eigenvalue weighted by Crippen LogP contribution is 2.35. The monoisotopic (exact) mass is 248 g/mol. The molecule has 1 aromatic rings. The zero-order valence-corrected chi connectivity index (χ0v) is 11.0. The minimum absolute atomic E-state index is 0.0172. The molecule has 2 nitrogen and oxygen atoms in total. The van der Waals surface area contributed by atoms with Crippen molar-refractivity contribution >= 4 is 17.3 Å². The fraction of sp³-hybridized carbons (Fsp3) is 0.500. The van der Waals surface area contributed by atoms with E-state index in [0.29, 0.717) is 0 Å². The Labute approximate surface area is 108 Å². The van der Waals surface area contributed by atoms with Gasteiger partial charge in [-0.3, -0.25) is 0 Å². The van der Waals surface area contributed by atoms with E-state index in [1.54, 1.807) is 0 Å². The number of anilines is 1. The van der Waals surface area contributed by atoms with Crippen LogP contribution in [-0.2, 0) is 0 Å². The number of nitrogens with zero attached hydrogens (tertiary/aromatic N) is 2. The number of benzene rings is 1. The molecule has 1 fully saturated rings. The Kier molecular flexibility index (Phi) is 3.31. The summed E-state index contributed by atoms with van der Waals surface area (Å²) in [4.78, 5) is 2.35. The van der Waals surface area contributed by atoms with Crippen LogP contribution >= 0.6 is 11.6 Å². The summed E-state index contributed by atoms with van der Waals surface area (Å²) < 4.78 is 0. The number of rotatable bonds is 1. The van der Waals surface area contributed by atoms with Crippen LogP contribution in [0.3, 0.4) is 0 Å². The maximum absolute atomic E-state index is 9.03. The molecule has 1 saturated heterocycles. The summed E-state index contributed by atoms with van der Waals surface area (Å²) in [5, 5.41) is 9.80. The van der Waals surface area contributed by atoms with Gasteiger partial charge in [0.25, 0.3) is 0 Å². The van der Waals surface area contributed by atoms with Crippen molar-refractivity contribution in [3.8, 4) is 6.07 Å². The lowest BCUT2D eigenvalue weighted by Gasteiger charge is -2.45. The van der Waals surface area contributed by atoms with Crippen LogP contribution in [0.5, 0.6) is 0 Å². The van der Waals surface area contributed by atoms with Crippen LogP contribution in [0.25, 0.3) is 0 Å². The van der Waals surface area contributed by atoms with Gasteiger partial charge in [0, 0.05) is 22.8 Å². The first-order valence-electron chi connectivity index (χ1n) is 5.96. The van der Waals surface area contributed by atoms with Crippen LogP contribution < -0.4 is 4.90 Å². The van der Waals surface area contributed by atoms with Gasteiger partial charge in [-0.2, -0.15) is 5.26 Å². The van der Waals surface area contributed by atoms with E-state index in [-0.39, 0.29) is 11.5 Å². The Hall–Kier alpha value is -1.20. The molecule has 90 valence electrons. The Bertz CT molecular complexity index is 448. The highest BCUT2D eigenvalue weighted by molar-refractivity contribution is 6.30. The average Bonchev–Trinajstić information content (AvgIpc) is 2.27. The third kappa shape index (κ3) is 2.56. The molecule has 1 atom stereocenters. The van der Waals surface area contributed by atoms with Crippen molar-refractivity contribution in [1.29, 1.82) is 5.26 Å². The molecule has 1 heterocycles. The van der Waals surface area contributed by atoms with Gasteiger partial charge < -0.3 is 4.90 Å². The lowest BCUT2D eigenvalue weighted by molar-refractivity contribution is 0.315. The predicted molar refractivity (Wildman–Crippen MR) is 71.2 cm³/mol. The molecule has 1 aromatic carbocycles. The van der Waals surface area contributed by atoms with Crippen molar-refractivity contribution < 1.29 is 0 Å². The van der Waals surface area contributed by atoms with E-state index in [1.165, 1.54) is 0 Å². The fourth-order valence-electron chi connectivity index (χ4n) is 2.64. The zero-order valence-electron chi connectivity index (χ0n) is 10.3. The summed E-state index contributed by atoms with van der Waals surface area (Å²) in [5.74, 6) is 0.181. The standard InChI is InChI=1S/C14H17ClN2/c1-14(2)9-11(10-16)6-7-17(14)13-5-3-4-12(15)8-13/h3-5,8,11H,6-7,9H2,1-2H3. The Morgan fingerprint density at radius 1 is 1.47 bits per heavy atom. The lowest BCUT2D eigenvalue weighted by atomic mass is 9.83. The van der Waals surface area contributed by atoms with Crippen LogP contribution in [0, 0.1) is 17.2 Å². The molecule has 0 bridgehead atoms. The zero-order chi connectivity index (χ0) is 12.5. The van der Waals surface area contributed by atoms with Gasteiger partial charge in [0.15, 0.2) is 0 Å². The Morgan fingerprint density at radius 2 is 2.24 bits per heavy atom. The van der Waals surface area contributed by atoms with E-state index in [9.17, 15) is 0 Å². The minimum Gasteiger partial charge on any atom is -0.366 e. The summed E-state index contributed by atoms with van der Waals surface area (Å²) in [6.45, 7) is 5.31. The third-order valence-corrected chi connectivity index (χ3v) is 3.72. The second-order valence-electron chi connectivity index (χ2n) is 5.26. The second kappa shape index (κ2) is 4.58. The van der Waals surface area contributed by atoms with Crippen molar-refractivity contribution in [2.24, 2.45) is 5.92 Å². The maximum atomic E-state index is 9.03. The summed E-state index contributed by atoms with van der Waals surface area (Å²) in [6.07, 6.45) is 1.85. The summed E-state index contributed by atoms with van der Waals surface area (Å²) in [7, 11) is 0. The van der Waals surface area contributed by atoms with Crippen molar-refractivity contribution in [2.75, 3.05) is 11.4 Å². The summed E-state index contributed by atoms with van der Waals surface area (Å²) >= 11 is 6.03.